The highest BCUT2D eigenvalue weighted by Crippen LogP contribution is 2.34. The zero-order valence-corrected chi connectivity index (χ0v) is 10.1. The highest BCUT2D eigenvalue weighted by Gasteiger charge is 2.40. The van der Waals surface area contributed by atoms with Crippen molar-refractivity contribution in [1.29, 1.82) is 0 Å². The minimum atomic E-state index is -4.29. The average Bonchev–Trinajstić information content (AvgIpc) is 2.24. The van der Waals surface area contributed by atoms with Crippen LogP contribution in [0.5, 0.6) is 5.75 Å². The number of methoxy groups -OCH3 is 1. The maximum absolute atomic E-state index is 12.8. The topological polar surface area (TPSA) is 21.3 Å². The number of hydrogen-bond acceptors (Lipinski definition) is 2. The Balaban J connectivity index is 3.07. The molecule has 1 aromatic rings. The molecule has 0 fully saturated rings. The monoisotopic (exact) mass is 247 g/mol. The first-order chi connectivity index (χ1) is 7.90. The summed E-state index contributed by atoms with van der Waals surface area (Å²) >= 11 is 0. The van der Waals surface area contributed by atoms with E-state index in [0.717, 1.165) is 0 Å². The van der Waals surface area contributed by atoms with E-state index < -0.39 is 12.2 Å². The van der Waals surface area contributed by atoms with E-state index in [9.17, 15) is 13.2 Å². The SMILES string of the molecule is CCNC(c1ccc(OC)c(C)c1)C(F)(F)F. The molecule has 0 aliphatic carbocycles. The Morgan fingerprint density at radius 1 is 1.35 bits per heavy atom. The van der Waals surface area contributed by atoms with Crippen LogP contribution in [0.25, 0.3) is 0 Å². The van der Waals surface area contributed by atoms with Gasteiger partial charge < -0.3 is 10.1 Å². The fraction of sp³-hybridized carbons (Fsp3) is 0.500. The summed E-state index contributed by atoms with van der Waals surface area (Å²) < 4.78 is 43.5. The third kappa shape index (κ3) is 3.36. The molecule has 0 radical (unpaired) electrons. The van der Waals surface area contributed by atoms with Crippen LogP contribution in [-0.2, 0) is 0 Å². The van der Waals surface area contributed by atoms with Gasteiger partial charge in [0.15, 0.2) is 0 Å². The molecular weight excluding hydrogens is 231 g/mol. The number of hydrogen-bond donors (Lipinski definition) is 1. The first kappa shape index (κ1) is 13.8. The molecule has 1 atom stereocenters. The van der Waals surface area contributed by atoms with Crippen LogP contribution in [0.2, 0.25) is 0 Å². The molecular formula is C12H16F3NO. The molecule has 1 unspecified atom stereocenters. The fourth-order valence-corrected chi connectivity index (χ4v) is 1.71. The van der Waals surface area contributed by atoms with Crippen molar-refractivity contribution in [1.82, 2.24) is 5.32 Å². The molecule has 0 bridgehead atoms. The molecule has 5 heteroatoms. The molecule has 1 aromatic carbocycles. The minimum absolute atomic E-state index is 0.206. The van der Waals surface area contributed by atoms with E-state index in [1.807, 2.05) is 0 Å². The predicted octanol–water partition coefficient (Wildman–Crippen LogP) is 3.22. The van der Waals surface area contributed by atoms with E-state index in [4.69, 9.17) is 4.74 Å². The Kier molecular flexibility index (Phi) is 4.40. The first-order valence-corrected chi connectivity index (χ1v) is 5.34. The number of aryl methyl sites for hydroxylation is 1. The van der Waals surface area contributed by atoms with E-state index in [1.165, 1.54) is 19.2 Å². The van der Waals surface area contributed by atoms with Crippen LogP contribution < -0.4 is 10.1 Å². The van der Waals surface area contributed by atoms with Crippen LogP contribution in [0, 0.1) is 6.92 Å². The van der Waals surface area contributed by atoms with Crippen LogP contribution in [0.4, 0.5) is 13.2 Å². The summed E-state index contributed by atoms with van der Waals surface area (Å²) in [5, 5.41) is 2.44. The van der Waals surface area contributed by atoms with Crippen molar-refractivity contribution < 1.29 is 17.9 Å². The van der Waals surface area contributed by atoms with Gasteiger partial charge in [-0.25, -0.2) is 0 Å². The van der Waals surface area contributed by atoms with Gasteiger partial charge in [-0.1, -0.05) is 19.1 Å². The molecule has 96 valence electrons. The van der Waals surface area contributed by atoms with Crippen LogP contribution in [0.3, 0.4) is 0 Å². The second-order valence-corrected chi connectivity index (χ2v) is 3.76. The number of alkyl halides is 3. The van der Waals surface area contributed by atoms with Crippen LogP contribution in [0.15, 0.2) is 18.2 Å². The summed E-state index contributed by atoms with van der Waals surface area (Å²) in [6.45, 7) is 3.63. The summed E-state index contributed by atoms with van der Waals surface area (Å²) in [6, 6.07) is 2.87. The second-order valence-electron chi connectivity index (χ2n) is 3.76. The lowest BCUT2D eigenvalue weighted by atomic mass is 10.0. The Morgan fingerprint density at radius 3 is 2.41 bits per heavy atom. The van der Waals surface area contributed by atoms with Crippen molar-refractivity contribution in [3.05, 3.63) is 29.3 Å². The zero-order chi connectivity index (χ0) is 13.1. The minimum Gasteiger partial charge on any atom is -0.496 e. The van der Waals surface area contributed by atoms with E-state index >= 15 is 0 Å². The summed E-state index contributed by atoms with van der Waals surface area (Å²) in [4.78, 5) is 0. The number of nitrogens with one attached hydrogen (secondary N) is 1. The summed E-state index contributed by atoms with van der Waals surface area (Å²) in [5.74, 6) is 0.589. The number of benzene rings is 1. The lowest BCUT2D eigenvalue weighted by molar-refractivity contribution is -0.157. The quantitative estimate of drug-likeness (QED) is 0.882. The summed E-state index contributed by atoms with van der Waals surface area (Å²) in [5.41, 5.74) is 0.898. The Hall–Kier alpha value is -1.23. The van der Waals surface area contributed by atoms with Crippen molar-refractivity contribution >= 4 is 0 Å². The fourth-order valence-electron chi connectivity index (χ4n) is 1.71. The molecule has 0 spiro atoms. The standard InChI is InChI=1S/C12H16F3NO/c1-4-16-11(12(13,14)15)9-5-6-10(17-3)8(2)7-9/h5-7,11,16H,4H2,1-3H3. The van der Waals surface area contributed by atoms with Crippen molar-refractivity contribution in [2.75, 3.05) is 13.7 Å². The van der Waals surface area contributed by atoms with Crippen LogP contribution in [-0.4, -0.2) is 19.8 Å². The van der Waals surface area contributed by atoms with Gasteiger partial charge in [0.2, 0.25) is 0 Å². The van der Waals surface area contributed by atoms with Gasteiger partial charge in [-0.15, -0.1) is 0 Å². The van der Waals surface area contributed by atoms with Crippen LogP contribution in [0.1, 0.15) is 24.1 Å². The average molecular weight is 247 g/mol. The van der Waals surface area contributed by atoms with Gasteiger partial charge in [0.25, 0.3) is 0 Å². The largest absolute Gasteiger partial charge is 0.496 e. The predicted molar refractivity (Wildman–Crippen MR) is 60.2 cm³/mol. The Morgan fingerprint density at radius 2 is 2.00 bits per heavy atom. The lowest BCUT2D eigenvalue weighted by Crippen LogP contribution is -2.34. The van der Waals surface area contributed by atoms with E-state index in [-0.39, 0.29) is 12.1 Å². The molecule has 17 heavy (non-hydrogen) atoms. The molecule has 0 amide bonds. The summed E-state index contributed by atoms with van der Waals surface area (Å²) in [7, 11) is 1.49. The normalized spacial score (nSPS) is 13.5. The van der Waals surface area contributed by atoms with Crippen LogP contribution >= 0.6 is 0 Å². The van der Waals surface area contributed by atoms with Gasteiger partial charge >= 0.3 is 6.18 Å². The van der Waals surface area contributed by atoms with Gasteiger partial charge in [0.05, 0.1) is 7.11 Å². The molecule has 0 saturated carbocycles. The maximum Gasteiger partial charge on any atom is 0.407 e. The maximum atomic E-state index is 12.8. The first-order valence-electron chi connectivity index (χ1n) is 5.34. The Labute approximate surface area is 98.8 Å². The van der Waals surface area contributed by atoms with Crippen molar-refractivity contribution in [3.63, 3.8) is 0 Å². The van der Waals surface area contributed by atoms with Gasteiger partial charge in [-0.05, 0) is 30.7 Å². The van der Waals surface area contributed by atoms with Crippen molar-refractivity contribution in [2.45, 2.75) is 26.1 Å². The van der Waals surface area contributed by atoms with Gasteiger partial charge in [0, 0.05) is 0 Å². The molecule has 0 saturated heterocycles. The number of ether oxygens (including phenoxy) is 1. The molecule has 0 aliphatic heterocycles. The molecule has 0 aromatic heterocycles. The van der Waals surface area contributed by atoms with Crippen molar-refractivity contribution in [3.8, 4) is 5.75 Å². The van der Waals surface area contributed by atoms with E-state index in [0.29, 0.717) is 11.3 Å². The highest BCUT2D eigenvalue weighted by molar-refractivity contribution is 5.37. The Bertz CT molecular complexity index is 377. The third-order valence-corrected chi connectivity index (χ3v) is 2.49. The molecule has 1 N–H and O–H groups in total. The van der Waals surface area contributed by atoms with Gasteiger partial charge in [-0.2, -0.15) is 13.2 Å². The molecule has 0 heterocycles. The molecule has 1 rings (SSSR count). The van der Waals surface area contributed by atoms with E-state index in [2.05, 4.69) is 5.32 Å². The van der Waals surface area contributed by atoms with Gasteiger partial charge in [-0.3, -0.25) is 0 Å². The smallest absolute Gasteiger partial charge is 0.407 e. The van der Waals surface area contributed by atoms with Crippen molar-refractivity contribution in [2.24, 2.45) is 0 Å². The molecule has 0 aliphatic rings. The zero-order valence-electron chi connectivity index (χ0n) is 10.1. The van der Waals surface area contributed by atoms with E-state index in [1.54, 1.807) is 19.9 Å². The highest BCUT2D eigenvalue weighted by atomic mass is 19.4. The lowest BCUT2D eigenvalue weighted by Gasteiger charge is -2.22. The van der Waals surface area contributed by atoms with Gasteiger partial charge in [0.1, 0.15) is 11.8 Å². The summed E-state index contributed by atoms with van der Waals surface area (Å²) in [6.07, 6.45) is -4.29. The number of halogens is 3. The second kappa shape index (κ2) is 5.40. The molecule has 2 nitrogen and oxygen atoms in total. The third-order valence-electron chi connectivity index (χ3n) is 2.49. The number of rotatable bonds is 4.